The molecule has 0 saturated carbocycles. The summed E-state index contributed by atoms with van der Waals surface area (Å²) in [7, 11) is 1.64. The van der Waals surface area contributed by atoms with Gasteiger partial charge in [-0.2, -0.15) is 4.98 Å². The van der Waals surface area contributed by atoms with Gasteiger partial charge in [-0.1, -0.05) is 54.6 Å². The van der Waals surface area contributed by atoms with Crippen molar-refractivity contribution in [1.29, 1.82) is 0 Å². The number of thioether (sulfide) groups is 1. The average Bonchev–Trinajstić information content (AvgIpc) is 2.67. The summed E-state index contributed by atoms with van der Waals surface area (Å²) in [5.41, 5.74) is 4.59. The molecule has 0 aliphatic rings. The fraction of sp³-hybridized carbons (Fsp3) is 0.273. The summed E-state index contributed by atoms with van der Waals surface area (Å²) in [5.74, 6) is 2.71. The quantitative estimate of drug-likeness (QED) is 0.386. The Kier molecular flexibility index (Phi) is 6.35. The topological polar surface area (TPSA) is 44.2 Å². The van der Waals surface area contributed by atoms with Gasteiger partial charge in [0.15, 0.2) is 16.7 Å². The van der Waals surface area contributed by atoms with Gasteiger partial charge < -0.3 is 9.47 Å². The number of nitrogens with zero attached hydrogens (tertiary/aromatic N) is 2. The molecule has 0 atom stereocenters. The second-order valence-corrected chi connectivity index (χ2v) is 7.31. The highest BCUT2D eigenvalue weighted by molar-refractivity contribution is 7.98. The fourth-order valence-electron chi connectivity index (χ4n) is 2.67. The maximum Gasteiger partial charge on any atom is 0.223 e. The first-order valence-electron chi connectivity index (χ1n) is 8.96. The van der Waals surface area contributed by atoms with Gasteiger partial charge in [0.05, 0.1) is 7.11 Å². The molecule has 0 aliphatic carbocycles. The maximum absolute atomic E-state index is 6.02. The molecule has 0 fully saturated rings. The lowest BCUT2D eigenvalue weighted by Crippen LogP contribution is -1.98. The van der Waals surface area contributed by atoms with Crippen LogP contribution < -0.4 is 9.47 Å². The first kappa shape index (κ1) is 19.2. The van der Waals surface area contributed by atoms with E-state index in [1.54, 1.807) is 18.9 Å². The Labute approximate surface area is 165 Å². The Morgan fingerprint density at radius 1 is 0.926 bits per heavy atom. The van der Waals surface area contributed by atoms with Crippen LogP contribution in [0, 0.1) is 13.8 Å². The maximum atomic E-state index is 6.02. The zero-order valence-electron chi connectivity index (χ0n) is 16.2. The Balaban J connectivity index is 1.81. The average molecular weight is 381 g/mol. The van der Waals surface area contributed by atoms with Crippen molar-refractivity contribution < 1.29 is 9.47 Å². The van der Waals surface area contributed by atoms with Crippen LogP contribution in [0.4, 0.5) is 0 Å². The SMILES string of the molecule is CCc1cc(Oc2ccc(C)cc2OC)nc(SCc2cccc(C)c2)n1. The van der Waals surface area contributed by atoms with Gasteiger partial charge >= 0.3 is 0 Å². The molecule has 0 radical (unpaired) electrons. The van der Waals surface area contributed by atoms with Crippen LogP contribution in [0.1, 0.15) is 29.3 Å². The van der Waals surface area contributed by atoms with E-state index in [2.05, 4.69) is 48.1 Å². The summed E-state index contributed by atoms with van der Waals surface area (Å²) in [6.07, 6.45) is 0.821. The van der Waals surface area contributed by atoms with E-state index in [0.717, 1.165) is 28.6 Å². The van der Waals surface area contributed by atoms with Crippen LogP contribution in [0.5, 0.6) is 17.4 Å². The van der Waals surface area contributed by atoms with Crippen LogP contribution in [0.15, 0.2) is 53.7 Å². The monoisotopic (exact) mass is 380 g/mol. The number of ether oxygens (including phenoxy) is 2. The first-order valence-corrected chi connectivity index (χ1v) is 9.94. The molecule has 0 bridgehead atoms. The molecule has 2 aromatic carbocycles. The highest BCUT2D eigenvalue weighted by Crippen LogP contribution is 2.32. The molecule has 0 unspecified atom stereocenters. The molecule has 3 rings (SSSR count). The van der Waals surface area contributed by atoms with Gasteiger partial charge in [-0.3, -0.25) is 0 Å². The van der Waals surface area contributed by atoms with E-state index in [-0.39, 0.29) is 0 Å². The molecule has 140 valence electrons. The molecule has 5 heteroatoms. The van der Waals surface area contributed by atoms with Crippen LogP contribution in [-0.4, -0.2) is 17.1 Å². The molecular weight excluding hydrogens is 356 g/mol. The zero-order chi connectivity index (χ0) is 19.2. The minimum atomic E-state index is 0.538. The number of hydrogen-bond acceptors (Lipinski definition) is 5. The molecule has 0 amide bonds. The van der Waals surface area contributed by atoms with Gasteiger partial charge in [-0.25, -0.2) is 4.98 Å². The second kappa shape index (κ2) is 8.91. The van der Waals surface area contributed by atoms with E-state index < -0.39 is 0 Å². The summed E-state index contributed by atoms with van der Waals surface area (Å²) in [6.45, 7) is 6.20. The van der Waals surface area contributed by atoms with E-state index in [4.69, 9.17) is 9.47 Å². The summed E-state index contributed by atoms with van der Waals surface area (Å²) in [5, 5.41) is 0.719. The minimum absolute atomic E-state index is 0.538. The molecule has 27 heavy (non-hydrogen) atoms. The third kappa shape index (κ3) is 5.23. The normalized spacial score (nSPS) is 10.7. The third-order valence-electron chi connectivity index (χ3n) is 4.08. The summed E-state index contributed by atoms with van der Waals surface area (Å²) in [4.78, 5) is 9.21. The summed E-state index contributed by atoms with van der Waals surface area (Å²) in [6, 6.07) is 16.2. The van der Waals surface area contributed by atoms with Gasteiger partial charge in [0.2, 0.25) is 5.88 Å². The molecule has 0 aliphatic heterocycles. The zero-order valence-corrected chi connectivity index (χ0v) is 17.0. The molecule has 0 spiro atoms. The van der Waals surface area contributed by atoms with Crippen molar-refractivity contribution in [2.24, 2.45) is 0 Å². The Morgan fingerprint density at radius 3 is 2.48 bits per heavy atom. The number of benzene rings is 2. The molecule has 0 N–H and O–H groups in total. The van der Waals surface area contributed by atoms with E-state index in [0.29, 0.717) is 17.4 Å². The standard InChI is InChI=1S/C22H24N2O2S/c1-5-18-13-21(26-19-10-9-16(3)12-20(19)25-4)24-22(23-18)27-14-17-8-6-7-15(2)11-17/h6-13H,5,14H2,1-4H3. The van der Waals surface area contributed by atoms with Gasteiger partial charge in [-0.15, -0.1) is 0 Å². The summed E-state index contributed by atoms with van der Waals surface area (Å²) < 4.78 is 11.4. The highest BCUT2D eigenvalue weighted by Gasteiger charge is 2.10. The number of rotatable bonds is 7. The van der Waals surface area contributed by atoms with Crippen molar-refractivity contribution in [2.45, 2.75) is 38.1 Å². The van der Waals surface area contributed by atoms with Gasteiger partial charge in [-0.05, 0) is 43.5 Å². The van der Waals surface area contributed by atoms with Crippen LogP contribution in [-0.2, 0) is 12.2 Å². The first-order chi connectivity index (χ1) is 13.1. The lowest BCUT2D eigenvalue weighted by atomic mass is 10.2. The minimum Gasteiger partial charge on any atom is -0.493 e. The van der Waals surface area contributed by atoms with Crippen LogP contribution >= 0.6 is 11.8 Å². The van der Waals surface area contributed by atoms with Crippen molar-refractivity contribution in [3.8, 4) is 17.4 Å². The molecule has 1 heterocycles. The van der Waals surface area contributed by atoms with Crippen molar-refractivity contribution in [3.05, 3.63) is 70.9 Å². The molecule has 0 saturated heterocycles. The van der Waals surface area contributed by atoms with Crippen LogP contribution in [0.2, 0.25) is 0 Å². The van der Waals surface area contributed by atoms with E-state index in [1.807, 2.05) is 31.2 Å². The molecule has 4 nitrogen and oxygen atoms in total. The number of hydrogen-bond donors (Lipinski definition) is 0. The van der Waals surface area contributed by atoms with Gasteiger partial charge in [0, 0.05) is 17.5 Å². The lowest BCUT2D eigenvalue weighted by molar-refractivity contribution is 0.372. The molecular formula is C22H24N2O2S. The van der Waals surface area contributed by atoms with Gasteiger partial charge in [0.1, 0.15) is 0 Å². The second-order valence-electron chi connectivity index (χ2n) is 6.37. The van der Waals surface area contributed by atoms with Crippen molar-refractivity contribution in [3.63, 3.8) is 0 Å². The van der Waals surface area contributed by atoms with Crippen molar-refractivity contribution in [2.75, 3.05) is 7.11 Å². The molecule has 3 aromatic rings. The Bertz CT molecular complexity index is 928. The van der Waals surface area contributed by atoms with Crippen LogP contribution in [0.3, 0.4) is 0 Å². The lowest BCUT2D eigenvalue weighted by Gasteiger charge is -2.12. The predicted octanol–water partition coefficient (Wildman–Crippen LogP) is 5.75. The van der Waals surface area contributed by atoms with E-state index in [9.17, 15) is 0 Å². The predicted molar refractivity (Wildman–Crippen MR) is 110 cm³/mol. The number of aromatic nitrogens is 2. The third-order valence-corrected chi connectivity index (χ3v) is 5.00. The number of aryl methyl sites for hydroxylation is 3. The van der Waals surface area contributed by atoms with E-state index in [1.165, 1.54) is 11.1 Å². The Hall–Kier alpha value is -2.53. The van der Waals surface area contributed by atoms with Gasteiger partial charge in [0.25, 0.3) is 0 Å². The van der Waals surface area contributed by atoms with Crippen molar-refractivity contribution in [1.82, 2.24) is 9.97 Å². The number of methoxy groups -OCH3 is 1. The largest absolute Gasteiger partial charge is 0.493 e. The summed E-state index contributed by atoms with van der Waals surface area (Å²) >= 11 is 1.62. The Morgan fingerprint density at radius 2 is 1.74 bits per heavy atom. The highest BCUT2D eigenvalue weighted by atomic mass is 32.2. The van der Waals surface area contributed by atoms with Crippen molar-refractivity contribution >= 4 is 11.8 Å². The van der Waals surface area contributed by atoms with Crippen LogP contribution in [0.25, 0.3) is 0 Å². The molecule has 1 aromatic heterocycles. The fourth-order valence-corrected chi connectivity index (χ4v) is 3.48. The van der Waals surface area contributed by atoms with E-state index >= 15 is 0 Å². The smallest absolute Gasteiger partial charge is 0.223 e.